The normalized spacial score (nSPS) is 20.5. The molecule has 0 saturated heterocycles. The van der Waals surface area contributed by atoms with E-state index in [1.54, 1.807) is 0 Å². The zero-order valence-corrected chi connectivity index (χ0v) is 12.0. The van der Waals surface area contributed by atoms with Crippen LogP contribution in [0.4, 0.5) is 0 Å². The highest BCUT2D eigenvalue weighted by Crippen LogP contribution is 2.45. The Morgan fingerprint density at radius 3 is 2.44 bits per heavy atom. The molecule has 1 aliphatic rings. The van der Waals surface area contributed by atoms with Gasteiger partial charge in [-0.15, -0.1) is 10.2 Å². The van der Waals surface area contributed by atoms with Crippen molar-refractivity contribution in [3.05, 3.63) is 11.8 Å². The van der Waals surface area contributed by atoms with Crippen molar-refractivity contribution in [2.75, 3.05) is 7.05 Å². The molecule has 1 N–H and O–H groups in total. The van der Waals surface area contributed by atoms with E-state index in [0.717, 1.165) is 12.3 Å². The summed E-state index contributed by atoms with van der Waals surface area (Å²) in [6.07, 6.45) is 6.11. The highest BCUT2D eigenvalue weighted by molar-refractivity contribution is 5.08. The Hall–Kier alpha value is -0.900. The molecule has 4 heteroatoms. The smallest absolute Gasteiger partial charge is 0.233 e. The van der Waals surface area contributed by atoms with Crippen LogP contribution in [0.15, 0.2) is 4.42 Å². The predicted octanol–water partition coefficient (Wildman–Crippen LogP) is 3.21. The van der Waals surface area contributed by atoms with Crippen molar-refractivity contribution in [2.45, 2.75) is 64.3 Å². The molecule has 0 aliphatic heterocycles. The SMILES string of the molecule is CNC(C)c1nnc(C2(CC(C)C)CCCC2)o1. The zero-order chi connectivity index (χ0) is 13.2. The third-order valence-electron chi connectivity index (χ3n) is 4.06. The molecule has 0 amide bonds. The van der Waals surface area contributed by atoms with Crippen LogP contribution >= 0.6 is 0 Å². The number of hydrogen-bond donors (Lipinski definition) is 1. The molecule has 1 aromatic heterocycles. The van der Waals surface area contributed by atoms with Gasteiger partial charge >= 0.3 is 0 Å². The molecule has 1 fully saturated rings. The lowest BCUT2D eigenvalue weighted by Crippen LogP contribution is -2.24. The van der Waals surface area contributed by atoms with Crippen LogP contribution in [-0.4, -0.2) is 17.2 Å². The van der Waals surface area contributed by atoms with Gasteiger partial charge in [0.15, 0.2) is 0 Å². The minimum absolute atomic E-state index is 0.128. The minimum Gasteiger partial charge on any atom is -0.423 e. The van der Waals surface area contributed by atoms with Crippen LogP contribution in [0.2, 0.25) is 0 Å². The molecular formula is C14H25N3O. The summed E-state index contributed by atoms with van der Waals surface area (Å²) >= 11 is 0. The van der Waals surface area contributed by atoms with E-state index >= 15 is 0 Å². The molecule has 4 nitrogen and oxygen atoms in total. The summed E-state index contributed by atoms with van der Waals surface area (Å²) in [6.45, 7) is 6.59. The van der Waals surface area contributed by atoms with Crippen LogP contribution in [0.3, 0.4) is 0 Å². The molecule has 1 aliphatic carbocycles. The second-order valence-electron chi connectivity index (χ2n) is 6.04. The molecule has 0 aromatic carbocycles. The van der Waals surface area contributed by atoms with Crippen molar-refractivity contribution in [1.29, 1.82) is 0 Å². The van der Waals surface area contributed by atoms with Gasteiger partial charge in [-0.2, -0.15) is 0 Å². The van der Waals surface area contributed by atoms with E-state index in [-0.39, 0.29) is 11.5 Å². The van der Waals surface area contributed by atoms with Crippen LogP contribution in [0.25, 0.3) is 0 Å². The Morgan fingerprint density at radius 1 is 1.22 bits per heavy atom. The first-order chi connectivity index (χ1) is 8.57. The maximum atomic E-state index is 5.94. The average molecular weight is 251 g/mol. The number of nitrogens with one attached hydrogen (secondary N) is 1. The number of aromatic nitrogens is 2. The number of rotatable bonds is 5. The number of nitrogens with zero attached hydrogens (tertiary/aromatic N) is 2. The fourth-order valence-corrected chi connectivity index (χ4v) is 3.09. The summed E-state index contributed by atoms with van der Waals surface area (Å²) in [7, 11) is 1.91. The van der Waals surface area contributed by atoms with Gasteiger partial charge in [0.2, 0.25) is 11.8 Å². The van der Waals surface area contributed by atoms with Gasteiger partial charge in [-0.3, -0.25) is 0 Å². The molecule has 0 spiro atoms. The summed E-state index contributed by atoms with van der Waals surface area (Å²) in [5, 5.41) is 11.7. The van der Waals surface area contributed by atoms with Crippen molar-refractivity contribution in [1.82, 2.24) is 15.5 Å². The highest BCUT2D eigenvalue weighted by atomic mass is 16.4. The first-order valence-electron chi connectivity index (χ1n) is 7.08. The van der Waals surface area contributed by atoms with Crippen molar-refractivity contribution < 1.29 is 4.42 Å². The van der Waals surface area contributed by atoms with Crippen LogP contribution < -0.4 is 5.32 Å². The standard InChI is InChI=1S/C14H25N3O/c1-10(2)9-14(7-5-6-8-14)13-17-16-12(18-13)11(3)15-4/h10-11,15H,5-9H2,1-4H3. The summed E-state index contributed by atoms with van der Waals surface area (Å²) < 4.78 is 5.94. The van der Waals surface area contributed by atoms with E-state index < -0.39 is 0 Å². The molecule has 1 aromatic rings. The molecule has 1 unspecified atom stereocenters. The Kier molecular flexibility index (Phi) is 4.05. The van der Waals surface area contributed by atoms with Crippen molar-refractivity contribution >= 4 is 0 Å². The Balaban J connectivity index is 2.23. The van der Waals surface area contributed by atoms with Gasteiger partial charge in [0.1, 0.15) is 0 Å². The molecule has 0 bridgehead atoms. The molecular weight excluding hydrogens is 226 g/mol. The van der Waals surface area contributed by atoms with Crippen LogP contribution in [0.1, 0.15) is 70.7 Å². The van der Waals surface area contributed by atoms with Crippen LogP contribution in [0.5, 0.6) is 0 Å². The summed E-state index contributed by atoms with van der Waals surface area (Å²) in [5.74, 6) is 2.24. The largest absolute Gasteiger partial charge is 0.423 e. The lowest BCUT2D eigenvalue weighted by molar-refractivity contribution is 0.262. The fraction of sp³-hybridized carbons (Fsp3) is 0.857. The van der Waals surface area contributed by atoms with Crippen LogP contribution in [0, 0.1) is 5.92 Å². The highest BCUT2D eigenvalue weighted by Gasteiger charge is 2.41. The summed E-state index contributed by atoms with van der Waals surface area (Å²) in [5.41, 5.74) is 0.146. The van der Waals surface area contributed by atoms with Crippen molar-refractivity contribution in [3.63, 3.8) is 0 Å². The molecule has 1 saturated carbocycles. The van der Waals surface area contributed by atoms with Gasteiger partial charge < -0.3 is 9.73 Å². The monoisotopic (exact) mass is 251 g/mol. The third-order valence-corrected chi connectivity index (χ3v) is 4.06. The molecule has 1 atom stereocenters. The first-order valence-corrected chi connectivity index (χ1v) is 7.08. The summed E-state index contributed by atoms with van der Waals surface area (Å²) in [4.78, 5) is 0. The Labute approximate surface area is 110 Å². The average Bonchev–Trinajstić information content (AvgIpc) is 2.96. The summed E-state index contributed by atoms with van der Waals surface area (Å²) in [6, 6.07) is 0.128. The van der Waals surface area contributed by atoms with Crippen molar-refractivity contribution in [2.24, 2.45) is 5.92 Å². The third kappa shape index (κ3) is 2.58. The molecule has 0 radical (unpaired) electrons. The maximum absolute atomic E-state index is 5.94. The van der Waals surface area contributed by atoms with Gasteiger partial charge in [0.25, 0.3) is 0 Å². The van der Waals surface area contributed by atoms with E-state index in [9.17, 15) is 0 Å². The van der Waals surface area contributed by atoms with E-state index in [4.69, 9.17) is 4.42 Å². The van der Waals surface area contributed by atoms with Gasteiger partial charge in [0, 0.05) is 5.41 Å². The minimum atomic E-state index is 0.128. The van der Waals surface area contributed by atoms with Gasteiger partial charge in [-0.1, -0.05) is 26.7 Å². The molecule has 102 valence electrons. The van der Waals surface area contributed by atoms with E-state index in [2.05, 4.69) is 29.4 Å². The lowest BCUT2D eigenvalue weighted by atomic mass is 9.78. The molecule has 1 heterocycles. The lowest BCUT2D eigenvalue weighted by Gasteiger charge is -2.26. The topological polar surface area (TPSA) is 51.0 Å². The Bertz CT molecular complexity index is 380. The maximum Gasteiger partial charge on any atom is 0.233 e. The van der Waals surface area contributed by atoms with Crippen molar-refractivity contribution in [3.8, 4) is 0 Å². The van der Waals surface area contributed by atoms with Gasteiger partial charge in [0.05, 0.1) is 6.04 Å². The molecule has 2 rings (SSSR count). The zero-order valence-electron chi connectivity index (χ0n) is 12.0. The fourth-order valence-electron chi connectivity index (χ4n) is 3.09. The second kappa shape index (κ2) is 5.39. The van der Waals surface area contributed by atoms with E-state index in [1.165, 1.54) is 25.7 Å². The molecule has 18 heavy (non-hydrogen) atoms. The number of hydrogen-bond acceptors (Lipinski definition) is 4. The van der Waals surface area contributed by atoms with E-state index in [0.29, 0.717) is 11.8 Å². The quantitative estimate of drug-likeness (QED) is 0.873. The second-order valence-corrected chi connectivity index (χ2v) is 6.04. The van der Waals surface area contributed by atoms with E-state index in [1.807, 2.05) is 14.0 Å². The van der Waals surface area contributed by atoms with Crippen LogP contribution in [-0.2, 0) is 5.41 Å². The van der Waals surface area contributed by atoms with Gasteiger partial charge in [-0.05, 0) is 39.2 Å². The van der Waals surface area contributed by atoms with Gasteiger partial charge in [-0.25, -0.2) is 0 Å². The first kappa shape index (κ1) is 13.5. The predicted molar refractivity (Wildman–Crippen MR) is 71.4 cm³/mol. The Morgan fingerprint density at radius 2 is 1.89 bits per heavy atom.